The van der Waals surface area contributed by atoms with E-state index in [4.69, 9.17) is 0 Å². The summed E-state index contributed by atoms with van der Waals surface area (Å²) >= 11 is 1.30. The molecule has 1 fully saturated rings. The number of hydrogen-bond acceptors (Lipinski definition) is 5. The van der Waals surface area contributed by atoms with E-state index in [1.807, 2.05) is 30.3 Å². The second kappa shape index (κ2) is 7.85. The maximum Gasteiger partial charge on any atom is 0.231 e. The number of nitrogens with zero attached hydrogens (tertiary/aromatic N) is 3. The minimum Gasteiger partial charge on any atom is -0.309 e. The Bertz CT molecular complexity index is 1010. The van der Waals surface area contributed by atoms with Crippen molar-refractivity contribution in [2.45, 2.75) is 12.8 Å². The van der Waals surface area contributed by atoms with Crippen molar-refractivity contribution < 1.29 is 14.0 Å². The van der Waals surface area contributed by atoms with E-state index in [0.717, 1.165) is 10.6 Å². The van der Waals surface area contributed by atoms with E-state index in [1.165, 1.54) is 28.4 Å². The quantitative estimate of drug-likeness (QED) is 0.718. The van der Waals surface area contributed by atoms with Crippen LogP contribution in [0, 0.1) is 11.7 Å². The van der Waals surface area contributed by atoms with Crippen molar-refractivity contribution >= 4 is 34.0 Å². The van der Waals surface area contributed by atoms with E-state index in [9.17, 15) is 14.0 Å². The molecular formula is C20H17FN4O2S. The van der Waals surface area contributed by atoms with Crippen LogP contribution in [0.15, 0.2) is 54.6 Å². The fourth-order valence-electron chi connectivity index (χ4n) is 3.14. The highest BCUT2D eigenvalue weighted by Crippen LogP contribution is 2.28. The SMILES string of the molecule is O=C(Nc1nnc(Cc2ccccc2)s1)C1CC(=O)N(c2ccccc2F)C1. The number of rotatable bonds is 5. The van der Waals surface area contributed by atoms with Crippen molar-refractivity contribution in [2.24, 2.45) is 5.92 Å². The molecule has 1 aromatic heterocycles. The third kappa shape index (κ3) is 3.91. The number of hydrogen-bond donors (Lipinski definition) is 1. The molecule has 1 saturated heterocycles. The fraction of sp³-hybridized carbons (Fsp3) is 0.200. The van der Waals surface area contributed by atoms with Crippen molar-refractivity contribution in [3.05, 3.63) is 71.0 Å². The first kappa shape index (κ1) is 18.2. The lowest BCUT2D eigenvalue weighted by Gasteiger charge is -2.17. The Labute approximate surface area is 165 Å². The molecule has 8 heteroatoms. The van der Waals surface area contributed by atoms with Crippen LogP contribution in [0.4, 0.5) is 15.2 Å². The maximum absolute atomic E-state index is 14.0. The van der Waals surface area contributed by atoms with Crippen LogP contribution in [-0.4, -0.2) is 28.6 Å². The maximum atomic E-state index is 14.0. The Balaban J connectivity index is 1.39. The summed E-state index contributed by atoms with van der Waals surface area (Å²) in [5, 5.41) is 12.0. The van der Waals surface area contributed by atoms with Gasteiger partial charge in [-0.05, 0) is 17.7 Å². The van der Waals surface area contributed by atoms with Crippen LogP contribution in [0.5, 0.6) is 0 Å². The molecule has 142 valence electrons. The van der Waals surface area contributed by atoms with Gasteiger partial charge < -0.3 is 10.2 Å². The lowest BCUT2D eigenvalue weighted by atomic mass is 10.1. The number of carbonyl (C=O) groups excluding carboxylic acids is 2. The third-order valence-electron chi connectivity index (χ3n) is 4.53. The van der Waals surface area contributed by atoms with E-state index in [0.29, 0.717) is 11.6 Å². The van der Waals surface area contributed by atoms with E-state index in [1.54, 1.807) is 12.1 Å². The average molecular weight is 396 g/mol. The molecule has 1 aliphatic rings. The second-order valence-electron chi connectivity index (χ2n) is 6.51. The Hall–Kier alpha value is -3.13. The van der Waals surface area contributed by atoms with Gasteiger partial charge in [0.15, 0.2) is 0 Å². The zero-order chi connectivity index (χ0) is 19.5. The van der Waals surface area contributed by atoms with Crippen molar-refractivity contribution in [1.82, 2.24) is 10.2 Å². The van der Waals surface area contributed by atoms with Gasteiger partial charge in [-0.25, -0.2) is 4.39 Å². The van der Waals surface area contributed by atoms with Gasteiger partial charge >= 0.3 is 0 Å². The van der Waals surface area contributed by atoms with E-state index in [-0.39, 0.29) is 30.5 Å². The van der Waals surface area contributed by atoms with Crippen molar-refractivity contribution in [1.29, 1.82) is 0 Å². The standard InChI is InChI=1S/C20H17FN4O2S/c21-15-8-4-5-9-16(15)25-12-14(11-18(25)26)19(27)22-20-24-23-17(28-20)10-13-6-2-1-3-7-13/h1-9,14H,10-12H2,(H,22,24,27). The summed E-state index contributed by atoms with van der Waals surface area (Å²) < 4.78 is 14.0. The van der Waals surface area contributed by atoms with Crippen LogP contribution in [0.1, 0.15) is 17.0 Å². The predicted octanol–water partition coefficient (Wildman–Crippen LogP) is 3.26. The topological polar surface area (TPSA) is 75.2 Å². The van der Waals surface area contributed by atoms with E-state index >= 15 is 0 Å². The number of aromatic nitrogens is 2. The molecule has 0 aliphatic carbocycles. The van der Waals surface area contributed by atoms with Crippen LogP contribution in [0.2, 0.25) is 0 Å². The van der Waals surface area contributed by atoms with Gasteiger partial charge in [0.1, 0.15) is 10.8 Å². The van der Waals surface area contributed by atoms with Gasteiger partial charge in [0.25, 0.3) is 0 Å². The number of nitrogens with one attached hydrogen (secondary N) is 1. The Morgan fingerprint density at radius 3 is 2.68 bits per heavy atom. The Kier molecular flexibility index (Phi) is 5.12. The van der Waals surface area contributed by atoms with Crippen LogP contribution >= 0.6 is 11.3 Å². The summed E-state index contributed by atoms with van der Waals surface area (Å²) in [6, 6.07) is 15.9. The molecule has 0 saturated carbocycles. The normalized spacial score (nSPS) is 16.4. The Morgan fingerprint density at radius 2 is 1.89 bits per heavy atom. The van der Waals surface area contributed by atoms with Gasteiger partial charge in [-0.2, -0.15) is 0 Å². The fourth-order valence-corrected chi connectivity index (χ4v) is 3.92. The summed E-state index contributed by atoms with van der Waals surface area (Å²) in [6.07, 6.45) is 0.674. The first-order valence-corrected chi connectivity index (χ1v) is 9.64. The minimum atomic E-state index is -0.562. The molecule has 3 aromatic rings. The molecule has 1 aliphatic heterocycles. The minimum absolute atomic E-state index is 0.0375. The van der Waals surface area contributed by atoms with Gasteiger partial charge in [-0.1, -0.05) is 53.8 Å². The van der Waals surface area contributed by atoms with Gasteiger partial charge in [0.05, 0.1) is 11.6 Å². The van der Waals surface area contributed by atoms with Crippen molar-refractivity contribution in [2.75, 3.05) is 16.8 Å². The predicted molar refractivity (Wildman–Crippen MR) is 105 cm³/mol. The molecule has 4 rings (SSSR count). The molecule has 0 spiro atoms. The number of amides is 2. The summed E-state index contributed by atoms with van der Waals surface area (Å²) in [5.41, 5.74) is 1.31. The molecule has 2 heterocycles. The van der Waals surface area contributed by atoms with Crippen LogP contribution in [0.3, 0.4) is 0 Å². The van der Waals surface area contributed by atoms with Gasteiger partial charge in [-0.15, -0.1) is 10.2 Å². The van der Waals surface area contributed by atoms with Crippen molar-refractivity contribution in [3.63, 3.8) is 0 Å². The monoisotopic (exact) mass is 396 g/mol. The third-order valence-corrected chi connectivity index (χ3v) is 5.37. The average Bonchev–Trinajstić information content (AvgIpc) is 3.29. The number of para-hydroxylation sites is 1. The Morgan fingerprint density at radius 1 is 1.14 bits per heavy atom. The first-order chi connectivity index (χ1) is 13.6. The van der Waals surface area contributed by atoms with Gasteiger partial charge in [-0.3, -0.25) is 9.59 Å². The molecule has 28 heavy (non-hydrogen) atoms. The molecule has 0 bridgehead atoms. The molecule has 1 unspecified atom stereocenters. The van der Waals surface area contributed by atoms with Crippen LogP contribution < -0.4 is 10.2 Å². The largest absolute Gasteiger partial charge is 0.309 e. The zero-order valence-corrected chi connectivity index (χ0v) is 15.7. The van der Waals surface area contributed by atoms with Crippen LogP contribution in [0.25, 0.3) is 0 Å². The molecule has 6 nitrogen and oxygen atoms in total. The number of halogens is 1. The van der Waals surface area contributed by atoms with Gasteiger partial charge in [0, 0.05) is 19.4 Å². The number of anilines is 2. The highest BCUT2D eigenvalue weighted by atomic mass is 32.1. The van der Waals surface area contributed by atoms with Gasteiger partial charge in [0.2, 0.25) is 16.9 Å². The van der Waals surface area contributed by atoms with Crippen LogP contribution in [-0.2, 0) is 16.0 Å². The second-order valence-corrected chi connectivity index (χ2v) is 7.57. The number of carbonyl (C=O) groups is 2. The molecule has 0 radical (unpaired) electrons. The highest BCUT2D eigenvalue weighted by molar-refractivity contribution is 7.15. The summed E-state index contributed by atoms with van der Waals surface area (Å²) in [4.78, 5) is 26.1. The smallest absolute Gasteiger partial charge is 0.231 e. The molecular weight excluding hydrogens is 379 g/mol. The molecule has 1 N–H and O–H groups in total. The van der Waals surface area contributed by atoms with E-state index < -0.39 is 11.7 Å². The molecule has 2 aromatic carbocycles. The lowest BCUT2D eigenvalue weighted by molar-refractivity contribution is -0.122. The summed E-state index contributed by atoms with van der Waals surface area (Å²) in [6.45, 7) is 0.140. The van der Waals surface area contributed by atoms with E-state index in [2.05, 4.69) is 15.5 Å². The zero-order valence-electron chi connectivity index (χ0n) is 14.8. The molecule has 2 amide bonds. The summed E-state index contributed by atoms with van der Waals surface area (Å²) in [5.74, 6) is -1.62. The molecule has 1 atom stereocenters. The number of benzene rings is 2. The van der Waals surface area contributed by atoms with Crippen molar-refractivity contribution in [3.8, 4) is 0 Å². The summed E-state index contributed by atoms with van der Waals surface area (Å²) in [7, 11) is 0. The first-order valence-electron chi connectivity index (χ1n) is 8.82. The lowest BCUT2D eigenvalue weighted by Crippen LogP contribution is -2.28. The highest BCUT2D eigenvalue weighted by Gasteiger charge is 2.36.